The van der Waals surface area contributed by atoms with Crippen molar-refractivity contribution >= 4 is 63.6 Å². The van der Waals surface area contributed by atoms with E-state index in [9.17, 15) is 5.11 Å². The van der Waals surface area contributed by atoms with Gasteiger partial charge in [0.25, 0.3) is 0 Å². The fraction of sp³-hybridized carbons (Fsp3) is 0.0476. The number of hydrogen-bond acceptors (Lipinski definition) is 5. The van der Waals surface area contributed by atoms with Gasteiger partial charge in [-0.3, -0.25) is 0 Å². The van der Waals surface area contributed by atoms with E-state index in [1.54, 1.807) is 17.4 Å². The van der Waals surface area contributed by atoms with E-state index < -0.39 is 0 Å². The first-order valence-electron chi connectivity index (χ1n) is 8.24. The SMILES string of the molecule is Cc1ccc(O)c(N=Nc2ccc3c(c2)sc2sc4ccccc4c23)c1. The lowest BCUT2D eigenvalue weighted by atomic mass is 10.1. The smallest absolute Gasteiger partial charge is 0.143 e. The predicted molar refractivity (Wildman–Crippen MR) is 112 cm³/mol. The molecule has 0 unspecified atom stereocenters. The van der Waals surface area contributed by atoms with Crippen molar-refractivity contribution < 1.29 is 5.11 Å². The van der Waals surface area contributed by atoms with Crippen LogP contribution >= 0.6 is 22.7 Å². The number of thiophene rings is 2. The summed E-state index contributed by atoms with van der Waals surface area (Å²) in [5.74, 6) is 0.142. The Bertz CT molecular complexity index is 1310. The molecular formula is C21H14N2OS2. The number of aryl methyl sites for hydroxylation is 1. The van der Waals surface area contributed by atoms with Crippen molar-refractivity contribution in [3.63, 3.8) is 0 Å². The molecule has 5 aromatic rings. The van der Waals surface area contributed by atoms with E-state index >= 15 is 0 Å². The van der Waals surface area contributed by atoms with E-state index in [4.69, 9.17) is 0 Å². The highest BCUT2D eigenvalue weighted by atomic mass is 32.2. The van der Waals surface area contributed by atoms with Crippen LogP contribution in [0.25, 0.3) is 29.6 Å². The fourth-order valence-electron chi connectivity index (χ4n) is 3.14. The minimum absolute atomic E-state index is 0.142. The van der Waals surface area contributed by atoms with Crippen LogP contribution in [0, 0.1) is 6.92 Å². The quantitative estimate of drug-likeness (QED) is 0.316. The van der Waals surface area contributed by atoms with Gasteiger partial charge < -0.3 is 5.11 Å². The third kappa shape index (κ3) is 2.48. The zero-order valence-corrected chi connectivity index (χ0v) is 15.6. The van der Waals surface area contributed by atoms with Crippen LogP contribution in [0.1, 0.15) is 5.56 Å². The van der Waals surface area contributed by atoms with Crippen molar-refractivity contribution in [1.82, 2.24) is 0 Å². The Balaban J connectivity index is 1.61. The van der Waals surface area contributed by atoms with Crippen LogP contribution < -0.4 is 0 Å². The summed E-state index contributed by atoms with van der Waals surface area (Å²) >= 11 is 3.63. The molecule has 26 heavy (non-hydrogen) atoms. The molecule has 126 valence electrons. The van der Waals surface area contributed by atoms with Gasteiger partial charge in [0.1, 0.15) is 11.4 Å². The van der Waals surface area contributed by atoms with Crippen molar-refractivity contribution in [3.05, 3.63) is 66.2 Å². The molecule has 0 fully saturated rings. The van der Waals surface area contributed by atoms with Crippen molar-refractivity contribution in [2.75, 3.05) is 0 Å². The molecule has 5 heteroatoms. The maximum atomic E-state index is 9.90. The van der Waals surface area contributed by atoms with Gasteiger partial charge in [-0.1, -0.05) is 30.3 Å². The minimum atomic E-state index is 0.142. The molecule has 0 atom stereocenters. The Hall–Kier alpha value is -2.76. The highest BCUT2D eigenvalue weighted by molar-refractivity contribution is 7.44. The van der Waals surface area contributed by atoms with Crippen molar-refractivity contribution in [2.45, 2.75) is 6.92 Å². The molecule has 0 spiro atoms. The highest BCUT2D eigenvalue weighted by Crippen LogP contribution is 2.44. The van der Waals surface area contributed by atoms with E-state index in [-0.39, 0.29) is 5.75 Å². The van der Waals surface area contributed by atoms with Gasteiger partial charge in [-0.2, -0.15) is 5.11 Å². The number of nitrogens with zero attached hydrogens (tertiary/aromatic N) is 2. The Kier molecular flexibility index (Phi) is 3.51. The van der Waals surface area contributed by atoms with Gasteiger partial charge in [0.15, 0.2) is 0 Å². The highest BCUT2D eigenvalue weighted by Gasteiger charge is 2.12. The topological polar surface area (TPSA) is 45.0 Å². The first-order chi connectivity index (χ1) is 12.7. The number of hydrogen-bond donors (Lipinski definition) is 1. The molecule has 3 aromatic carbocycles. The van der Waals surface area contributed by atoms with Crippen molar-refractivity contribution in [3.8, 4) is 5.75 Å². The van der Waals surface area contributed by atoms with Gasteiger partial charge in [0.2, 0.25) is 0 Å². The zero-order chi connectivity index (χ0) is 17.7. The van der Waals surface area contributed by atoms with Crippen LogP contribution in [-0.4, -0.2) is 5.11 Å². The second kappa shape index (κ2) is 5.90. The maximum absolute atomic E-state index is 9.90. The van der Waals surface area contributed by atoms with E-state index in [1.807, 2.05) is 36.5 Å². The van der Waals surface area contributed by atoms with Crippen LogP contribution in [0.2, 0.25) is 0 Å². The van der Waals surface area contributed by atoms with Gasteiger partial charge >= 0.3 is 0 Å². The second-order valence-corrected chi connectivity index (χ2v) is 8.60. The standard InChI is InChI=1S/C21H14N2OS2/c1-12-6-9-17(24)16(10-12)23-22-13-7-8-15-19(11-13)26-21-20(15)14-4-2-3-5-18(14)25-21/h2-11,24H,1H3. The van der Waals surface area contributed by atoms with Crippen LogP contribution in [0.5, 0.6) is 5.75 Å². The number of azo groups is 1. The first-order valence-corrected chi connectivity index (χ1v) is 9.87. The average Bonchev–Trinajstić information content (AvgIpc) is 3.17. The number of aromatic hydroxyl groups is 1. The molecule has 2 heterocycles. The summed E-state index contributed by atoms with van der Waals surface area (Å²) in [6, 6.07) is 20.0. The molecule has 0 bridgehead atoms. The van der Waals surface area contributed by atoms with Crippen LogP contribution in [0.3, 0.4) is 0 Å². The third-order valence-corrected chi connectivity index (χ3v) is 6.82. The van der Waals surface area contributed by atoms with Gasteiger partial charge in [-0.25, -0.2) is 0 Å². The average molecular weight is 374 g/mol. The molecule has 3 nitrogen and oxygen atoms in total. The Morgan fingerprint density at radius 1 is 0.808 bits per heavy atom. The summed E-state index contributed by atoms with van der Waals surface area (Å²) < 4.78 is 3.88. The van der Waals surface area contributed by atoms with Crippen molar-refractivity contribution in [1.29, 1.82) is 0 Å². The number of fused-ring (bicyclic) bond motifs is 5. The van der Waals surface area contributed by atoms with Gasteiger partial charge in [0, 0.05) is 25.6 Å². The largest absolute Gasteiger partial charge is 0.506 e. The number of phenolic OH excluding ortho intramolecular Hbond substituents is 1. The van der Waals surface area contributed by atoms with Gasteiger partial charge in [-0.15, -0.1) is 27.8 Å². The summed E-state index contributed by atoms with van der Waals surface area (Å²) in [7, 11) is 0. The Labute approximate surface area is 157 Å². The maximum Gasteiger partial charge on any atom is 0.143 e. The summed E-state index contributed by atoms with van der Waals surface area (Å²) in [5.41, 5.74) is 2.32. The van der Waals surface area contributed by atoms with Crippen LogP contribution in [-0.2, 0) is 0 Å². The predicted octanol–water partition coefficient (Wildman–Crippen LogP) is 7.70. The van der Waals surface area contributed by atoms with E-state index in [0.29, 0.717) is 5.69 Å². The summed E-state index contributed by atoms with van der Waals surface area (Å²) in [5, 5.41) is 22.4. The molecule has 0 aliphatic heterocycles. The van der Waals surface area contributed by atoms with E-state index in [1.165, 1.54) is 29.6 Å². The number of benzene rings is 3. The zero-order valence-electron chi connectivity index (χ0n) is 13.9. The Morgan fingerprint density at radius 3 is 2.54 bits per heavy atom. The molecule has 0 aliphatic carbocycles. The minimum Gasteiger partial charge on any atom is -0.506 e. The molecule has 5 rings (SSSR count). The van der Waals surface area contributed by atoms with Crippen LogP contribution in [0.15, 0.2) is 70.9 Å². The Morgan fingerprint density at radius 2 is 1.62 bits per heavy atom. The van der Waals surface area contributed by atoms with E-state index in [0.717, 1.165) is 11.3 Å². The molecule has 2 aromatic heterocycles. The van der Waals surface area contributed by atoms with Crippen LogP contribution in [0.4, 0.5) is 11.4 Å². The molecule has 0 radical (unpaired) electrons. The monoisotopic (exact) mass is 374 g/mol. The van der Waals surface area contributed by atoms with E-state index in [2.05, 4.69) is 46.6 Å². The molecule has 0 aliphatic rings. The van der Waals surface area contributed by atoms with Gasteiger partial charge in [0.05, 0.1) is 9.70 Å². The normalized spacial score (nSPS) is 12.0. The summed E-state index contributed by atoms with van der Waals surface area (Å²) in [4.78, 5) is 0. The number of phenols is 1. The summed E-state index contributed by atoms with van der Waals surface area (Å²) in [6.45, 7) is 1.97. The summed E-state index contributed by atoms with van der Waals surface area (Å²) in [6.07, 6.45) is 0. The molecule has 1 N–H and O–H groups in total. The van der Waals surface area contributed by atoms with Gasteiger partial charge in [-0.05, 0) is 42.8 Å². The first kappa shape index (κ1) is 15.5. The molecule has 0 saturated carbocycles. The van der Waals surface area contributed by atoms with Crippen molar-refractivity contribution in [2.24, 2.45) is 10.2 Å². The fourth-order valence-corrected chi connectivity index (χ4v) is 5.77. The lowest BCUT2D eigenvalue weighted by Gasteiger charge is -1.99. The number of rotatable bonds is 2. The molecule has 0 amide bonds. The molecule has 0 saturated heterocycles. The second-order valence-electron chi connectivity index (χ2n) is 6.24. The lowest BCUT2D eigenvalue weighted by Crippen LogP contribution is -1.72. The lowest BCUT2D eigenvalue weighted by molar-refractivity contribution is 0.476. The third-order valence-electron chi connectivity index (χ3n) is 4.40. The molecular weight excluding hydrogens is 360 g/mol.